The Hall–Kier alpha value is -4.14. The third-order valence-corrected chi connectivity index (χ3v) is 9.53. The van der Waals surface area contributed by atoms with Gasteiger partial charge in [-0.1, -0.05) is 103 Å². The second-order valence-corrected chi connectivity index (χ2v) is 13.0. The zero-order chi connectivity index (χ0) is 31.7. The minimum Gasteiger partial charge on any atom is -0.354 e. The Kier molecular flexibility index (Phi) is 11.2. The number of benzene rings is 4. The number of carbonyl (C=O) groups excluding carboxylic acids is 2. The van der Waals surface area contributed by atoms with Gasteiger partial charge in [-0.3, -0.25) is 13.9 Å². The Morgan fingerprint density at radius 1 is 0.841 bits per heavy atom. The molecule has 0 aliphatic carbocycles. The molecule has 230 valence electrons. The summed E-state index contributed by atoms with van der Waals surface area (Å²) in [6.45, 7) is 5.57. The molecule has 4 rings (SSSR count). The molecule has 44 heavy (non-hydrogen) atoms. The Labute approximate surface area is 265 Å². The molecule has 0 spiro atoms. The minimum absolute atomic E-state index is 0.0156. The van der Waals surface area contributed by atoms with Gasteiger partial charge in [0.15, 0.2) is 0 Å². The van der Waals surface area contributed by atoms with Crippen LogP contribution in [0.15, 0.2) is 108 Å². The normalized spacial score (nSPS) is 11.9. The number of para-hydroxylation sites is 1. The first-order valence-electron chi connectivity index (χ1n) is 14.6. The molecule has 0 unspecified atom stereocenters. The van der Waals surface area contributed by atoms with E-state index in [-0.39, 0.29) is 23.8 Å². The summed E-state index contributed by atoms with van der Waals surface area (Å²) in [6.07, 6.45) is 0.958. The van der Waals surface area contributed by atoms with Crippen molar-refractivity contribution in [2.24, 2.45) is 0 Å². The molecule has 0 radical (unpaired) electrons. The second-order valence-electron chi connectivity index (χ2n) is 10.7. The lowest BCUT2D eigenvalue weighted by Crippen LogP contribution is -2.53. The first-order chi connectivity index (χ1) is 21.1. The van der Waals surface area contributed by atoms with Crippen molar-refractivity contribution in [2.75, 3.05) is 17.4 Å². The smallest absolute Gasteiger partial charge is 0.264 e. The standard InChI is InChI=1S/C35H38ClN3O4S/c1-4-22-37-35(41)33(23-28-13-6-5-7-14-28)38(24-29-15-9-10-16-31(29)36)34(40)25-39(32-17-11-8-12-27(32)3)44(42,43)30-20-18-26(2)19-21-30/h5-21,33H,4,22-25H2,1-3H3,(H,37,41)/t33-/m1/s1. The largest absolute Gasteiger partial charge is 0.354 e. The fraction of sp³-hybridized carbons (Fsp3) is 0.257. The van der Waals surface area contributed by atoms with E-state index in [2.05, 4.69) is 5.32 Å². The highest BCUT2D eigenvalue weighted by molar-refractivity contribution is 7.92. The zero-order valence-corrected chi connectivity index (χ0v) is 26.8. The molecule has 0 fully saturated rings. The van der Waals surface area contributed by atoms with Gasteiger partial charge >= 0.3 is 0 Å². The molecule has 4 aromatic carbocycles. The van der Waals surface area contributed by atoms with E-state index in [9.17, 15) is 18.0 Å². The van der Waals surface area contributed by atoms with Crippen LogP contribution in [0.25, 0.3) is 0 Å². The number of halogens is 1. The van der Waals surface area contributed by atoms with E-state index in [0.717, 1.165) is 21.9 Å². The Morgan fingerprint density at radius 3 is 2.14 bits per heavy atom. The van der Waals surface area contributed by atoms with Crippen molar-refractivity contribution >= 4 is 39.1 Å². The van der Waals surface area contributed by atoms with Crippen molar-refractivity contribution in [2.45, 2.75) is 51.1 Å². The van der Waals surface area contributed by atoms with Gasteiger partial charge in [0.1, 0.15) is 12.6 Å². The number of anilines is 1. The van der Waals surface area contributed by atoms with Crippen molar-refractivity contribution in [1.29, 1.82) is 0 Å². The van der Waals surface area contributed by atoms with E-state index in [4.69, 9.17) is 11.6 Å². The highest BCUT2D eigenvalue weighted by Crippen LogP contribution is 2.28. The van der Waals surface area contributed by atoms with Crippen LogP contribution < -0.4 is 9.62 Å². The van der Waals surface area contributed by atoms with Crippen LogP contribution >= 0.6 is 11.6 Å². The topological polar surface area (TPSA) is 86.8 Å². The van der Waals surface area contributed by atoms with Gasteiger partial charge in [0.2, 0.25) is 11.8 Å². The number of rotatable bonds is 13. The highest BCUT2D eigenvalue weighted by Gasteiger charge is 2.35. The van der Waals surface area contributed by atoms with E-state index in [1.165, 1.54) is 4.90 Å². The fourth-order valence-electron chi connectivity index (χ4n) is 4.92. The second kappa shape index (κ2) is 15.0. The van der Waals surface area contributed by atoms with Gasteiger partial charge in [0, 0.05) is 24.5 Å². The van der Waals surface area contributed by atoms with Gasteiger partial charge < -0.3 is 10.2 Å². The molecule has 7 nitrogen and oxygen atoms in total. The maximum absolute atomic E-state index is 14.5. The summed E-state index contributed by atoms with van der Waals surface area (Å²) in [5.41, 5.74) is 3.50. The van der Waals surface area contributed by atoms with Crippen LogP contribution in [-0.4, -0.2) is 44.3 Å². The third kappa shape index (κ3) is 8.07. The number of amides is 2. The van der Waals surface area contributed by atoms with Crippen molar-refractivity contribution in [3.05, 3.63) is 130 Å². The molecular weight excluding hydrogens is 594 g/mol. The van der Waals surface area contributed by atoms with Crippen molar-refractivity contribution in [3.8, 4) is 0 Å². The average molecular weight is 632 g/mol. The number of carbonyl (C=O) groups is 2. The molecule has 0 aromatic heterocycles. The van der Waals surface area contributed by atoms with Crippen LogP contribution in [0.1, 0.15) is 35.6 Å². The average Bonchev–Trinajstić information content (AvgIpc) is 3.02. The van der Waals surface area contributed by atoms with Crippen molar-refractivity contribution < 1.29 is 18.0 Å². The summed E-state index contributed by atoms with van der Waals surface area (Å²) < 4.78 is 29.5. The van der Waals surface area contributed by atoms with Gasteiger partial charge in [0.25, 0.3) is 10.0 Å². The fourth-order valence-corrected chi connectivity index (χ4v) is 6.60. The van der Waals surface area contributed by atoms with Crippen LogP contribution in [0.4, 0.5) is 5.69 Å². The lowest BCUT2D eigenvalue weighted by Gasteiger charge is -2.34. The molecule has 1 N–H and O–H groups in total. The predicted molar refractivity (Wildman–Crippen MR) is 176 cm³/mol. The molecule has 0 heterocycles. The first kappa shape index (κ1) is 32.8. The number of nitrogens with one attached hydrogen (secondary N) is 1. The van der Waals surface area contributed by atoms with Crippen molar-refractivity contribution in [3.63, 3.8) is 0 Å². The SMILES string of the molecule is CCCNC(=O)[C@@H](Cc1ccccc1)N(Cc1ccccc1Cl)C(=O)CN(c1ccccc1C)S(=O)(=O)c1ccc(C)cc1. The Bertz CT molecular complexity index is 1680. The quantitative estimate of drug-likeness (QED) is 0.187. The summed E-state index contributed by atoms with van der Waals surface area (Å²) in [5.74, 6) is -0.851. The van der Waals surface area contributed by atoms with Gasteiger partial charge in [-0.2, -0.15) is 0 Å². The zero-order valence-electron chi connectivity index (χ0n) is 25.2. The van der Waals surface area contributed by atoms with E-state index in [1.807, 2.05) is 56.3 Å². The molecule has 1 atom stereocenters. The molecule has 0 saturated heterocycles. The van der Waals surface area contributed by atoms with Gasteiger partial charge in [-0.05, 0) is 61.2 Å². The van der Waals surface area contributed by atoms with E-state index in [0.29, 0.717) is 28.4 Å². The number of aryl methyl sites for hydroxylation is 2. The van der Waals surface area contributed by atoms with Crippen LogP contribution in [-0.2, 0) is 32.6 Å². The summed E-state index contributed by atoms with van der Waals surface area (Å²) in [5, 5.41) is 3.39. The molecule has 0 saturated carbocycles. The maximum atomic E-state index is 14.5. The summed E-state index contributed by atoms with van der Waals surface area (Å²) in [4.78, 5) is 29.7. The lowest BCUT2D eigenvalue weighted by molar-refractivity contribution is -0.140. The van der Waals surface area contributed by atoms with Crippen LogP contribution in [0.3, 0.4) is 0 Å². The third-order valence-electron chi connectivity index (χ3n) is 7.39. The van der Waals surface area contributed by atoms with Gasteiger partial charge in [-0.25, -0.2) is 8.42 Å². The molecule has 2 amide bonds. The molecule has 0 aliphatic heterocycles. The Morgan fingerprint density at radius 2 is 1.48 bits per heavy atom. The van der Waals surface area contributed by atoms with E-state index >= 15 is 0 Å². The number of nitrogens with zero attached hydrogens (tertiary/aromatic N) is 2. The first-order valence-corrected chi connectivity index (χ1v) is 16.4. The Balaban J connectivity index is 1.81. The molecule has 9 heteroatoms. The van der Waals surface area contributed by atoms with Crippen LogP contribution in [0, 0.1) is 13.8 Å². The van der Waals surface area contributed by atoms with Gasteiger partial charge in [-0.15, -0.1) is 0 Å². The molecule has 0 bridgehead atoms. The van der Waals surface area contributed by atoms with Crippen molar-refractivity contribution in [1.82, 2.24) is 10.2 Å². The van der Waals surface area contributed by atoms with E-state index < -0.39 is 28.5 Å². The predicted octanol–water partition coefficient (Wildman–Crippen LogP) is 6.32. The number of sulfonamides is 1. The lowest BCUT2D eigenvalue weighted by atomic mass is 10.0. The molecule has 4 aromatic rings. The molecular formula is C35H38ClN3O4S. The highest BCUT2D eigenvalue weighted by atomic mass is 35.5. The maximum Gasteiger partial charge on any atom is 0.264 e. The number of hydrogen-bond donors (Lipinski definition) is 1. The summed E-state index contributed by atoms with van der Waals surface area (Å²) in [6, 6.07) is 29.2. The monoisotopic (exact) mass is 631 g/mol. The summed E-state index contributed by atoms with van der Waals surface area (Å²) >= 11 is 6.54. The van der Waals surface area contributed by atoms with E-state index in [1.54, 1.807) is 67.6 Å². The number of hydrogen-bond acceptors (Lipinski definition) is 4. The van der Waals surface area contributed by atoms with Crippen LogP contribution in [0.2, 0.25) is 5.02 Å². The van der Waals surface area contributed by atoms with Crippen LogP contribution in [0.5, 0.6) is 0 Å². The molecule has 0 aliphatic rings. The minimum atomic E-state index is -4.16. The van der Waals surface area contributed by atoms with Gasteiger partial charge in [0.05, 0.1) is 10.6 Å². The summed E-state index contributed by atoms with van der Waals surface area (Å²) in [7, 11) is -4.16.